The summed E-state index contributed by atoms with van der Waals surface area (Å²) >= 11 is 5.54. The molecule has 0 spiro atoms. The first-order chi connectivity index (χ1) is 11.2. The Kier molecular flexibility index (Phi) is 5.29. The van der Waals surface area contributed by atoms with E-state index in [-0.39, 0.29) is 11.3 Å². The number of aliphatic imine (C=N–C) groups is 1. The number of aromatic nitrogens is 1. The number of nitrogens with zero attached hydrogens (tertiary/aromatic N) is 2. The molecule has 7 heteroatoms. The van der Waals surface area contributed by atoms with Gasteiger partial charge in [0.2, 0.25) is 0 Å². The number of carbonyl (C=O) groups excluding carboxylic acids is 1. The molecule has 0 aliphatic rings. The summed E-state index contributed by atoms with van der Waals surface area (Å²) in [4.78, 5) is 19.8. The predicted molar refractivity (Wildman–Crippen MR) is 89.3 cm³/mol. The molecule has 0 aliphatic heterocycles. The minimum absolute atomic E-state index is 0.113. The molecular weight excluding hydrogens is 338 g/mol. The van der Waals surface area contributed by atoms with Gasteiger partial charge >= 0.3 is 5.97 Å². The zero-order chi connectivity index (χ0) is 17.9. The summed E-state index contributed by atoms with van der Waals surface area (Å²) in [6.45, 7) is 2.53. The second-order valence-corrected chi connectivity index (χ2v) is 5.63. The number of aryl methyl sites for hydroxylation is 1. The highest BCUT2D eigenvalue weighted by Crippen LogP contribution is 2.28. The topological polar surface area (TPSA) is 51.5 Å². The Balaban J connectivity index is 2.57. The Labute approximate surface area is 143 Å². The SMILES string of the molecule is COC(=O)c1cc(N=C(Cl)C(C)(F)F)cc(-c2ccc(C)cn2)c1. The standard InChI is InChI=1S/C17H15ClF2N2O2/c1-10-4-5-14(21-9-10)11-6-12(15(23)24-3)8-13(7-11)22-16(18)17(2,19)20/h4-9H,1-3H3. The van der Waals surface area contributed by atoms with Gasteiger partial charge in [-0.1, -0.05) is 17.7 Å². The minimum Gasteiger partial charge on any atom is -0.465 e. The molecular formula is C17H15ClF2N2O2. The number of alkyl halides is 2. The van der Waals surface area contributed by atoms with Crippen LogP contribution in [0.5, 0.6) is 0 Å². The molecule has 2 aromatic rings. The summed E-state index contributed by atoms with van der Waals surface area (Å²) in [5.41, 5.74) is 2.36. The molecule has 24 heavy (non-hydrogen) atoms. The van der Waals surface area contributed by atoms with E-state index in [4.69, 9.17) is 11.6 Å². The van der Waals surface area contributed by atoms with E-state index in [1.165, 1.54) is 19.2 Å². The van der Waals surface area contributed by atoms with Gasteiger partial charge in [-0.3, -0.25) is 4.98 Å². The van der Waals surface area contributed by atoms with Crippen molar-refractivity contribution in [2.45, 2.75) is 19.8 Å². The van der Waals surface area contributed by atoms with Gasteiger partial charge in [0.15, 0.2) is 5.17 Å². The van der Waals surface area contributed by atoms with Crippen molar-refractivity contribution in [3.63, 3.8) is 0 Å². The molecule has 0 fully saturated rings. The van der Waals surface area contributed by atoms with Crippen LogP contribution in [0.25, 0.3) is 11.3 Å². The van der Waals surface area contributed by atoms with Crippen molar-refractivity contribution in [1.29, 1.82) is 0 Å². The Morgan fingerprint density at radius 1 is 1.29 bits per heavy atom. The maximum absolute atomic E-state index is 13.2. The van der Waals surface area contributed by atoms with Crippen molar-refractivity contribution in [3.05, 3.63) is 47.7 Å². The van der Waals surface area contributed by atoms with E-state index in [0.29, 0.717) is 18.2 Å². The van der Waals surface area contributed by atoms with Gasteiger partial charge in [-0.15, -0.1) is 0 Å². The highest BCUT2D eigenvalue weighted by Gasteiger charge is 2.28. The lowest BCUT2D eigenvalue weighted by atomic mass is 10.1. The molecule has 0 aliphatic carbocycles. The van der Waals surface area contributed by atoms with Gasteiger partial charge in [0.25, 0.3) is 5.92 Å². The number of esters is 1. The van der Waals surface area contributed by atoms with Gasteiger partial charge in [0.1, 0.15) is 0 Å². The Morgan fingerprint density at radius 3 is 2.54 bits per heavy atom. The highest BCUT2D eigenvalue weighted by molar-refractivity contribution is 6.67. The second kappa shape index (κ2) is 7.05. The molecule has 0 unspecified atom stereocenters. The summed E-state index contributed by atoms with van der Waals surface area (Å²) < 4.78 is 31.1. The van der Waals surface area contributed by atoms with Crippen LogP contribution in [0.2, 0.25) is 0 Å². The van der Waals surface area contributed by atoms with Crippen molar-refractivity contribution >= 4 is 28.4 Å². The maximum Gasteiger partial charge on any atom is 0.337 e. The molecule has 0 bridgehead atoms. The highest BCUT2D eigenvalue weighted by atomic mass is 35.5. The number of carbonyl (C=O) groups is 1. The molecule has 0 saturated carbocycles. The number of pyridine rings is 1. The molecule has 1 heterocycles. The van der Waals surface area contributed by atoms with Crippen LogP contribution in [0, 0.1) is 6.92 Å². The predicted octanol–water partition coefficient (Wildman–Crippen LogP) is 4.77. The monoisotopic (exact) mass is 352 g/mol. The van der Waals surface area contributed by atoms with Crippen molar-refractivity contribution < 1.29 is 18.3 Å². The van der Waals surface area contributed by atoms with Crippen LogP contribution >= 0.6 is 11.6 Å². The van der Waals surface area contributed by atoms with Crippen LogP contribution in [0.1, 0.15) is 22.8 Å². The maximum atomic E-state index is 13.2. The Hall–Kier alpha value is -2.34. The summed E-state index contributed by atoms with van der Waals surface area (Å²) in [5.74, 6) is -3.88. The largest absolute Gasteiger partial charge is 0.465 e. The van der Waals surface area contributed by atoms with Crippen LogP contribution in [0.4, 0.5) is 14.5 Å². The first-order valence-corrected chi connectivity index (χ1v) is 7.37. The molecule has 126 valence electrons. The first-order valence-electron chi connectivity index (χ1n) is 6.99. The van der Waals surface area contributed by atoms with Gasteiger partial charge in [-0.05, 0) is 36.8 Å². The second-order valence-electron chi connectivity index (χ2n) is 5.27. The van der Waals surface area contributed by atoms with E-state index in [0.717, 1.165) is 5.56 Å². The fourth-order valence-corrected chi connectivity index (χ4v) is 2.01. The lowest BCUT2D eigenvalue weighted by Gasteiger charge is -2.09. The van der Waals surface area contributed by atoms with Gasteiger partial charge in [-0.25, -0.2) is 9.79 Å². The first kappa shape index (κ1) is 18.0. The molecule has 0 atom stereocenters. The van der Waals surface area contributed by atoms with Gasteiger partial charge in [-0.2, -0.15) is 8.78 Å². The zero-order valence-electron chi connectivity index (χ0n) is 13.3. The fourth-order valence-electron chi connectivity index (χ4n) is 1.91. The third kappa shape index (κ3) is 4.35. The Bertz CT molecular complexity index is 784. The number of halogens is 3. The third-order valence-electron chi connectivity index (χ3n) is 3.14. The van der Waals surface area contributed by atoms with E-state index in [1.54, 1.807) is 18.3 Å². The molecule has 0 amide bonds. The third-order valence-corrected chi connectivity index (χ3v) is 3.55. The average molecular weight is 353 g/mol. The summed E-state index contributed by atoms with van der Waals surface area (Å²) in [5, 5.41) is -0.868. The van der Waals surface area contributed by atoms with Crippen LogP contribution in [0.3, 0.4) is 0 Å². The van der Waals surface area contributed by atoms with Crippen molar-refractivity contribution in [1.82, 2.24) is 4.98 Å². The molecule has 1 aromatic carbocycles. The fraction of sp³-hybridized carbons (Fsp3) is 0.235. The summed E-state index contributed by atoms with van der Waals surface area (Å²) in [7, 11) is 1.23. The molecule has 1 aromatic heterocycles. The van der Waals surface area contributed by atoms with Crippen molar-refractivity contribution in [2.75, 3.05) is 7.11 Å². The molecule has 0 saturated heterocycles. The van der Waals surface area contributed by atoms with E-state index >= 15 is 0 Å². The van der Waals surface area contributed by atoms with E-state index < -0.39 is 17.1 Å². The molecule has 0 N–H and O–H groups in total. The minimum atomic E-state index is -3.27. The van der Waals surface area contributed by atoms with Gasteiger partial charge < -0.3 is 4.74 Å². The lowest BCUT2D eigenvalue weighted by Crippen LogP contribution is -2.18. The van der Waals surface area contributed by atoms with Gasteiger partial charge in [0, 0.05) is 18.7 Å². The van der Waals surface area contributed by atoms with Crippen LogP contribution < -0.4 is 0 Å². The van der Waals surface area contributed by atoms with Crippen LogP contribution in [0.15, 0.2) is 41.5 Å². The smallest absolute Gasteiger partial charge is 0.337 e. The van der Waals surface area contributed by atoms with Crippen LogP contribution in [-0.2, 0) is 4.74 Å². The number of rotatable bonds is 4. The van der Waals surface area contributed by atoms with E-state index in [1.807, 2.05) is 13.0 Å². The van der Waals surface area contributed by atoms with E-state index in [2.05, 4.69) is 14.7 Å². The number of methoxy groups -OCH3 is 1. The lowest BCUT2D eigenvalue weighted by molar-refractivity contribution is 0.0600. The molecule has 0 radical (unpaired) electrons. The number of benzene rings is 1. The summed E-state index contributed by atoms with van der Waals surface area (Å²) in [6, 6.07) is 8.02. The quantitative estimate of drug-likeness (QED) is 0.588. The number of hydrogen-bond donors (Lipinski definition) is 0. The molecule has 4 nitrogen and oxygen atoms in total. The summed E-state index contributed by atoms with van der Waals surface area (Å²) in [6.07, 6.45) is 1.66. The Morgan fingerprint density at radius 2 is 2.00 bits per heavy atom. The van der Waals surface area contributed by atoms with Crippen LogP contribution in [-0.4, -0.2) is 29.2 Å². The number of ether oxygens (including phenoxy) is 1. The number of hydrogen-bond acceptors (Lipinski definition) is 4. The van der Waals surface area contributed by atoms with E-state index in [9.17, 15) is 13.6 Å². The normalized spacial score (nSPS) is 12.2. The van der Waals surface area contributed by atoms with Crippen molar-refractivity contribution in [3.8, 4) is 11.3 Å². The zero-order valence-corrected chi connectivity index (χ0v) is 14.1. The average Bonchev–Trinajstić information content (AvgIpc) is 2.53. The van der Waals surface area contributed by atoms with Crippen molar-refractivity contribution in [2.24, 2.45) is 4.99 Å². The van der Waals surface area contributed by atoms with Gasteiger partial charge in [0.05, 0.1) is 24.1 Å². The molecule has 2 rings (SSSR count).